The summed E-state index contributed by atoms with van der Waals surface area (Å²) in [5.41, 5.74) is 4.35. The van der Waals surface area contributed by atoms with Gasteiger partial charge in [0.2, 0.25) is 0 Å². The third-order valence-corrected chi connectivity index (χ3v) is 4.49. The number of rotatable bonds is 5. The van der Waals surface area contributed by atoms with E-state index in [1.165, 1.54) is 5.56 Å². The van der Waals surface area contributed by atoms with Gasteiger partial charge >= 0.3 is 6.03 Å². The van der Waals surface area contributed by atoms with Crippen molar-refractivity contribution in [2.75, 3.05) is 6.73 Å². The SMILES string of the molecule is Cc1ccc(C)c(OCNC(=O)NCc2ccccc2Br)c1C. The Morgan fingerprint density at radius 2 is 1.74 bits per heavy atom. The van der Waals surface area contributed by atoms with Crippen LogP contribution in [0.4, 0.5) is 4.79 Å². The van der Waals surface area contributed by atoms with Crippen LogP contribution in [0.5, 0.6) is 5.75 Å². The lowest BCUT2D eigenvalue weighted by Crippen LogP contribution is -2.37. The highest BCUT2D eigenvalue weighted by Crippen LogP contribution is 2.25. The first-order valence-electron chi connectivity index (χ1n) is 7.43. The van der Waals surface area contributed by atoms with Crippen molar-refractivity contribution in [2.45, 2.75) is 27.3 Å². The smallest absolute Gasteiger partial charge is 0.317 e. The summed E-state index contributed by atoms with van der Waals surface area (Å²) >= 11 is 3.46. The van der Waals surface area contributed by atoms with Crippen LogP contribution in [-0.2, 0) is 6.54 Å². The summed E-state index contributed by atoms with van der Waals surface area (Å²) in [5, 5.41) is 5.51. The fourth-order valence-corrected chi connectivity index (χ4v) is 2.63. The highest BCUT2D eigenvalue weighted by molar-refractivity contribution is 9.10. The zero-order chi connectivity index (χ0) is 16.8. The minimum absolute atomic E-state index is 0.132. The third kappa shape index (κ3) is 4.73. The zero-order valence-corrected chi connectivity index (χ0v) is 15.2. The van der Waals surface area contributed by atoms with Crippen LogP contribution >= 0.6 is 15.9 Å². The molecule has 2 rings (SSSR count). The van der Waals surface area contributed by atoms with E-state index in [4.69, 9.17) is 4.74 Å². The highest BCUT2D eigenvalue weighted by Gasteiger charge is 2.07. The van der Waals surface area contributed by atoms with Crippen molar-refractivity contribution in [3.05, 3.63) is 63.1 Å². The molecule has 0 aliphatic heterocycles. The summed E-state index contributed by atoms with van der Waals surface area (Å²) in [6.45, 7) is 6.64. The summed E-state index contributed by atoms with van der Waals surface area (Å²) in [4.78, 5) is 11.8. The Balaban J connectivity index is 1.82. The summed E-state index contributed by atoms with van der Waals surface area (Å²) in [6.07, 6.45) is 0. The van der Waals surface area contributed by atoms with Gasteiger partial charge in [0.15, 0.2) is 6.73 Å². The van der Waals surface area contributed by atoms with Gasteiger partial charge in [0.1, 0.15) is 5.75 Å². The van der Waals surface area contributed by atoms with E-state index in [1.807, 2.05) is 51.1 Å². The molecule has 2 N–H and O–H groups in total. The Labute approximate surface area is 145 Å². The van der Waals surface area contributed by atoms with Gasteiger partial charge in [-0.25, -0.2) is 4.79 Å². The molecule has 0 radical (unpaired) electrons. The van der Waals surface area contributed by atoms with E-state index in [0.717, 1.165) is 26.9 Å². The Hall–Kier alpha value is -2.01. The molecule has 4 nitrogen and oxygen atoms in total. The molecule has 0 saturated heterocycles. The molecule has 0 bridgehead atoms. The standard InChI is InChI=1S/C18H21BrN2O2/c1-12-8-9-13(2)17(14(12)3)23-11-21-18(22)20-10-15-6-4-5-7-16(15)19/h4-9H,10-11H2,1-3H3,(H2,20,21,22). The van der Waals surface area contributed by atoms with Crippen molar-refractivity contribution in [2.24, 2.45) is 0 Å². The van der Waals surface area contributed by atoms with Gasteiger partial charge in [-0.3, -0.25) is 0 Å². The van der Waals surface area contributed by atoms with Crippen molar-refractivity contribution in [1.82, 2.24) is 10.6 Å². The molecule has 2 aromatic carbocycles. The number of benzene rings is 2. The molecule has 122 valence electrons. The van der Waals surface area contributed by atoms with Gasteiger partial charge in [-0.05, 0) is 49.1 Å². The first-order valence-corrected chi connectivity index (χ1v) is 8.23. The van der Waals surface area contributed by atoms with Crippen molar-refractivity contribution < 1.29 is 9.53 Å². The molecule has 0 spiro atoms. The van der Waals surface area contributed by atoms with E-state index in [2.05, 4.69) is 32.6 Å². The average Bonchev–Trinajstić information content (AvgIpc) is 2.53. The van der Waals surface area contributed by atoms with Gasteiger partial charge < -0.3 is 15.4 Å². The lowest BCUT2D eigenvalue weighted by molar-refractivity contribution is 0.223. The number of nitrogens with one attached hydrogen (secondary N) is 2. The van der Waals surface area contributed by atoms with Crippen molar-refractivity contribution in [3.8, 4) is 5.75 Å². The van der Waals surface area contributed by atoms with Crippen molar-refractivity contribution >= 4 is 22.0 Å². The molecular weight excluding hydrogens is 356 g/mol. The van der Waals surface area contributed by atoms with Gasteiger partial charge in [-0.2, -0.15) is 0 Å². The van der Waals surface area contributed by atoms with Gasteiger partial charge in [-0.15, -0.1) is 0 Å². The van der Waals surface area contributed by atoms with E-state index in [1.54, 1.807) is 0 Å². The molecule has 0 atom stereocenters. The molecule has 0 saturated carbocycles. The minimum Gasteiger partial charge on any atom is -0.473 e. The van der Waals surface area contributed by atoms with Gasteiger partial charge in [0, 0.05) is 11.0 Å². The largest absolute Gasteiger partial charge is 0.473 e. The van der Waals surface area contributed by atoms with Crippen molar-refractivity contribution in [3.63, 3.8) is 0 Å². The molecule has 0 unspecified atom stereocenters. The number of carbonyl (C=O) groups is 1. The Bertz CT molecular complexity index is 701. The molecule has 0 heterocycles. The Morgan fingerprint density at radius 3 is 2.48 bits per heavy atom. The maximum Gasteiger partial charge on any atom is 0.317 e. The van der Waals surface area contributed by atoms with E-state index in [-0.39, 0.29) is 12.8 Å². The highest BCUT2D eigenvalue weighted by atomic mass is 79.9. The van der Waals surface area contributed by atoms with Crippen molar-refractivity contribution in [1.29, 1.82) is 0 Å². The summed E-state index contributed by atoms with van der Waals surface area (Å²) in [6, 6.07) is 11.6. The number of ether oxygens (including phenoxy) is 1. The number of halogens is 1. The Kier molecular flexibility index (Phi) is 6.04. The maximum absolute atomic E-state index is 11.8. The van der Waals surface area contributed by atoms with Crippen LogP contribution < -0.4 is 15.4 Å². The molecular formula is C18H21BrN2O2. The molecule has 0 aliphatic carbocycles. The summed E-state index contributed by atoms with van der Waals surface area (Å²) < 4.78 is 6.69. The molecule has 5 heteroatoms. The number of hydrogen-bond donors (Lipinski definition) is 2. The van der Waals surface area contributed by atoms with E-state index in [9.17, 15) is 4.79 Å². The first-order chi connectivity index (χ1) is 11.0. The van der Waals surface area contributed by atoms with E-state index >= 15 is 0 Å². The second-order valence-electron chi connectivity index (χ2n) is 5.39. The van der Waals surface area contributed by atoms with Crippen LogP contribution in [0.3, 0.4) is 0 Å². The van der Waals surface area contributed by atoms with Crippen LogP contribution in [0.25, 0.3) is 0 Å². The fraction of sp³-hybridized carbons (Fsp3) is 0.278. The lowest BCUT2D eigenvalue weighted by Gasteiger charge is -2.15. The van der Waals surface area contributed by atoms with Crippen LogP contribution in [0, 0.1) is 20.8 Å². The maximum atomic E-state index is 11.8. The monoisotopic (exact) mass is 376 g/mol. The normalized spacial score (nSPS) is 10.3. The minimum atomic E-state index is -0.260. The fourth-order valence-electron chi connectivity index (χ4n) is 2.20. The predicted octanol–water partition coefficient (Wildman–Crippen LogP) is 4.21. The first kappa shape index (κ1) is 17.3. The Morgan fingerprint density at radius 1 is 1.04 bits per heavy atom. The topological polar surface area (TPSA) is 50.4 Å². The predicted molar refractivity (Wildman–Crippen MR) is 95.7 cm³/mol. The van der Waals surface area contributed by atoms with E-state index < -0.39 is 0 Å². The van der Waals surface area contributed by atoms with Gasteiger partial charge in [-0.1, -0.05) is 46.3 Å². The van der Waals surface area contributed by atoms with Crippen LogP contribution in [0.1, 0.15) is 22.3 Å². The van der Waals surface area contributed by atoms with Crippen LogP contribution in [-0.4, -0.2) is 12.8 Å². The lowest BCUT2D eigenvalue weighted by atomic mass is 10.1. The number of carbonyl (C=O) groups excluding carboxylic acids is 1. The van der Waals surface area contributed by atoms with Crippen LogP contribution in [0.2, 0.25) is 0 Å². The van der Waals surface area contributed by atoms with Crippen LogP contribution in [0.15, 0.2) is 40.9 Å². The zero-order valence-electron chi connectivity index (χ0n) is 13.6. The number of hydrogen-bond acceptors (Lipinski definition) is 2. The molecule has 0 fully saturated rings. The molecule has 0 aromatic heterocycles. The number of aryl methyl sites for hydroxylation is 2. The average molecular weight is 377 g/mol. The van der Waals surface area contributed by atoms with E-state index in [0.29, 0.717) is 6.54 Å². The third-order valence-electron chi connectivity index (χ3n) is 3.72. The molecule has 2 amide bonds. The number of amides is 2. The quantitative estimate of drug-likeness (QED) is 0.767. The summed E-state index contributed by atoms with van der Waals surface area (Å²) in [7, 11) is 0. The second kappa shape index (κ2) is 8.02. The second-order valence-corrected chi connectivity index (χ2v) is 6.25. The number of urea groups is 1. The van der Waals surface area contributed by atoms with Gasteiger partial charge in [0.25, 0.3) is 0 Å². The molecule has 2 aromatic rings. The molecule has 0 aliphatic rings. The summed E-state index contributed by atoms with van der Waals surface area (Å²) in [5.74, 6) is 0.830. The molecule has 23 heavy (non-hydrogen) atoms. The van der Waals surface area contributed by atoms with Gasteiger partial charge in [0.05, 0.1) is 0 Å².